The summed E-state index contributed by atoms with van der Waals surface area (Å²) in [4.78, 5) is 22.8. The molecule has 1 amide bonds. The van der Waals surface area contributed by atoms with E-state index in [1.54, 1.807) is 24.3 Å². The fourth-order valence-corrected chi connectivity index (χ4v) is 3.04. The molecule has 27 heavy (non-hydrogen) atoms. The van der Waals surface area contributed by atoms with Crippen LogP contribution in [0.4, 0.5) is 0 Å². The first kappa shape index (κ1) is 20.8. The number of carbonyl (C=O) groups is 2. The number of hydrazone groups is 1. The lowest BCUT2D eigenvalue weighted by Gasteiger charge is -2.04. The van der Waals surface area contributed by atoms with Crippen LogP contribution >= 0.6 is 23.4 Å². The Balaban J connectivity index is 1.70. The van der Waals surface area contributed by atoms with Crippen LogP contribution in [-0.2, 0) is 20.1 Å². The zero-order chi connectivity index (χ0) is 19.5. The number of rotatable bonds is 9. The van der Waals surface area contributed by atoms with Gasteiger partial charge >= 0.3 is 5.97 Å². The van der Waals surface area contributed by atoms with E-state index in [4.69, 9.17) is 16.3 Å². The van der Waals surface area contributed by atoms with Gasteiger partial charge in [0.1, 0.15) is 5.75 Å². The zero-order valence-electron chi connectivity index (χ0n) is 14.7. The van der Waals surface area contributed by atoms with Gasteiger partial charge in [0.2, 0.25) is 5.91 Å². The number of thioether (sulfide) groups is 1. The molecule has 0 radical (unpaired) electrons. The summed E-state index contributed by atoms with van der Waals surface area (Å²) in [7, 11) is 1.30. The number of esters is 1. The SMILES string of the molecule is COC(=O)COc1ccc(/C=N/NC(=O)CSCc2ccccc2Cl)cc1. The van der Waals surface area contributed by atoms with Crippen LogP contribution in [0.2, 0.25) is 5.02 Å². The molecule has 0 saturated heterocycles. The number of benzene rings is 2. The van der Waals surface area contributed by atoms with Crippen molar-refractivity contribution < 1.29 is 19.1 Å². The van der Waals surface area contributed by atoms with E-state index in [0.29, 0.717) is 16.5 Å². The third-order valence-corrected chi connectivity index (χ3v) is 4.67. The van der Waals surface area contributed by atoms with Crippen LogP contribution in [0.25, 0.3) is 0 Å². The van der Waals surface area contributed by atoms with Gasteiger partial charge in [-0.2, -0.15) is 5.10 Å². The van der Waals surface area contributed by atoms with Gasteiger partial charge in [0.05, 0.1) is 19.1 Å². The lowest BCUT2D eigenvalue weighted by molar-refractivity contribution is -0.142. The van der Waals surface area contributed by atoms with E-state index >= 15 is 0 Å². The highest BCUT2D eigenvalue weighted by atomic mass is 35.5. The molecule has 0 atom stereocenters. The summed E-state index contributed by atoms with van der Waals surface area (Å²) in [6, 6.07) is 14.5. The van der Waals surface area contributed by atoms with E-state index < -0.39 is 5.97 Å². The summed E-state index contributed by atoms with van der Waals surface area (Å²) < 4.78 is 9.74. The van der Waals surface area contributed by atoms with Crippen molar-refractivity contribution in [1.82, 2.24) is 5.43 Å². The van der Waals surface area contributed by atoms with Crippen LogP contribution in [0.15, 0.2) is 53.6 Å². The number of nitrogens with zero attached hydrogens (tertiary/aromatic N) is 1. The van der Waals surface area contributed by atoms with Crippen LogP contribution in [-0.4, -0.2) is 37.6 Å². The van der Waals surface area contributed by atoms with E-state index in [1.165, 1.54) is 25.1 Å². The monoisotopic (exact) mass is 406 g/mol. The molecule has 0 spiro atoms. The molecule has 0 fully saturated rings. The van der Waals surface area contributed by atoms with Crippen molar-refractivity contribution in [3.05, 3.63) is 64.7 Å². The molecule has 1 N–H and O–H groups in total. The molecule has 0 aromatic heterocycles. The van der Waals surface area contributed by atoms with Crippen LogP contribution in [0.5, 0.6) is 5.75 Å². The smallest absolute Gasteiger partial charge is 0.343 e. The highest BCUT2D eigenvalue weighted by Gasteiger charge is 2.03. The Morgan fingerprint density at radius 1 is 1.19 bits per heavy atom. The number of carbonyl (C=O) groups excluding carboxylic acids is 2. The first-order valence-electron chi connectivity index (χ1n) is 8.01. The molecule has 142 valence electrons. The minimum Gasteiger partial charge on any atom is -0.482 e. The Morgan fingerprint density at radius 2 is 1.93 bits per heavy atom. The van der Waals surface area contributed by atoms with Gasteiger partial charge in [0.15, 0.2) is 6.61 Å². The topological polar surface area (TPSA) is 77.0 Å². The molecule has 0 unspecified atom stereocenters. The second-order valence-corrected chi connectivity index (χ2v) is 6.70. The first-order valence-corrected chi connectivity index (χ1v) is 9.54. The van der Waals surface area contributed by atoms with Gasteiger partial charge in [-0.1, -0.05) is 29.8 Å². The minimum absolute atomic E-state index is 0.147. The molecular formula is C19H19ClN2O4S. The first-order chi connectivity index (χ1) is 13.1. The second kappa shape index (κ2) is 11.3. The maximum Gasteiger partial charge on any atom is 0.343 e. The fourth-order valence-electron chi connectivity index (χ4n) is 1.93. The van der Waals surface area contributed by atoms with Gasteiger partial charge in [0, 0.05) is 10.8 Å². The molecule has 0 saturated carbocycles. The van der Waals surface area contributed by atoms with Gasteiger partial charge < -0.3 is 9.47 Å². The van der Waals surface area contributed by atoms with Gasteiger partial charge in [-0.3, -0.25) is 4.79 Å². The van der Waals surface area contributed by atoms with Crippen molar-refractivity contribution >= 4 is 41.5 Å². The summed E-state index contributed by atoms with van der Waals surface area (Å²) in [5.41, 5.74) is 4.26. The highest BCUT2D eigenvalue weighted by Crippen LogP contribution is 2.20. The summed E-state index contributed by atoms with van der Waals surface area (Å²) in [6.45, 7) is -0.147. The van der Waals surface area contributed by atoms with Gasteiger partial charge in [0.25, 0.3) is 0 Å². The normalized spacial score (nSPS) is 10.6. The van der Waals surface area contributed by atoms with Crippen molar-refractivity contribution in [2.75, 3.05) is 19.5 Å². The van der Waals surface area contributed by atoms with Crippen molar-refractivity contribution in [3.63, 3.8) is 0 Å². The predicted molar refractivity (Wildman–Crippen MR) is 107 cm³/mol. The standard InChI is InChI=1S/C19H19ClN2O4S/c1-25-19(24)11-26-16-8-6-14(7-9-16)10-21-22-18(23)13-27-12-15-4-2-3-5-17(15)20/h2-10H,11-13H2,1H3,(H,22,23)/b21-10+. The Labute approximate surface area is 166 Å². The molecule has 0 aliphatic carbocycles. The number of halogens is 1. The van der Waals surface area contributed by atoms with E-state index in [1.807, 2.05) is 24.3 Å². The largest absolute Gasteiger partial charge is 0.482 e. The van der Waals surface area contributed by atoms with Crippen molar-refractivity contribution in [1.29, 1.82) is 0 Å². The fraction of sp³-hybridized carbons (Fsp3) is 0.211. The third kappa shape index (κ3) is 7.72. The number of nitrogens with one attached hydrogen (secondary N) is 1. The summed E-state index contributed by atoms with van der Waals surface area (Å²) >= 11 is 7.54. The van der Waals surface area contributed by atoms with Crippen LogP contribution in [0, 0.1) is 0 Å². The minimum atomic E-state index is -0.448. The van der Waals surface area contributed by atoms with E-state index in [9.17, 15) is 9.59 Å². The Bertz CT molecular complexity index is 797. The summed E-state index contributed by atoms with van der Waals surface area (Å²) in [6.07, 6.45) is 1.53. The average Bonchev–Trinajstić information content (AvgIpc) is 2.68. The predicted octanol–water partition coefficient (Wildman–Crippen LogP) is 3.28. The Kier molecular flexibility index (Phi) is 8.67. The Hall–Kier alpha value is -2.51. The summed E-state index contributed by atoms with van der Waals surface area (Å²) in [5.74, 6) is 0.835. The van der Waals surface area contributed by atoms with E-state index in [-0.39, 0.29) is 18.3 Å². The third-order valence-electron chi connectivity index (χ3n) is 3.32. The van der Waals surface area contributed by atoms with Crippen LogP contribution in [0.1, 0.15) is 11.1 Å². The van der Waals surface area contributed by atoms with Crippen LogP contribution < -0.4 is 10.2 Å². The van der Waals surface area contributed by atoms with E-state index in [2.05, 4.69) is 15.3 Å². The molecule has 2 aromatic carbocycles. The zero-order valence-corrected chi connectivity index (χ0v) is 16.3. The molecule has 0 aliphatic heterocycles. The van der Waals surface area contributed by atoms with Crippen molar-refractivity contribution in [3.8, 4) is 5.75 Å². The maximum absolute atomic E-state index is 11.8. The summed E-state index contributed by atoms with van der Waals surface area (Å²) in [5, 5.41) is 4.62. The quantitative estimate of drug-likeness (QED) is 0.393. The second-order valence-electron chi connectivity index (χ2n) is 5.31. The molecule has 2 rings (SSSR count). The lowest BCUT2D eigenvalue weighted by atomic mass is 10.2. The number of ether oxygens (including phenoxy) is 2. The number of amides is 1. The molecule has 2 aromatic rings. The molecule has 0 bridgehead atoms. The van der Waals surface area contributed by atoms with Gasteiger partial charge in [-0.25, -0.2) is 10.2 Å². The molecular weight excluding hydrogens is 388 g/mol. The van der Waals surface area contributed by atoms with Gasteiger partial charge in [-0.15, -0.1) is 11.8 Å². The Morgan fingerprint density at radius 3 is 2.63 bits per heavy atom. The van der Waals surface area contributed by atoms with E-state index in [0.717, 1.165) is 11.1 Å². The highest BCUT2D eigenvalue weighted by molar-refractivity contribution is 7.99. The molecule has 0 heterocycles. The maximum atomic E-state index is 11.8. The number of methoxy groups -OCH3 is 1. The molecule has 8 heteroatoms. The van der Waals surface area contributed by atoms with Crippen molar-refractivity contribution in [2.45, 2.75) is 5.75 Å². The lowest BCUT2D eigenvalue weighted by Crippen LogP contribution is -2.19. The molecule has 0 aliphatic rings. The number of hydrogen-bond donors (Lipinski definition) is 1. The molecule has 6 nitrogen and oxygen atoms in total. The van der Waals surface area contributed by atoms with Crippen molar-refractivity contribution in [2.24, 2.45) is 5.10 Å². The van der Waals surface area contributed by atoms with Crippen LogP contribution in [0.3, 0.4) is 0 Å². The van der Waals surface area contributed by atoms with Gasteiger partial charge in [-0.05, 0) is 41.5 Å². The average molecular weight is 407 g/mol. The number of hydrogen-bond acceptors (Lipinski definition) is 6.